The van der Waals surface area contributed by atoms with Gasteiger partial charge in [-0.25, -0.2) is 12.8 Å². The van der Waals surface area contributed by atoms with Gasteiger partial charge in [-0.05, 0) is 24.6 Å². The van der Waals surface area contributed by atoms with E-state index in [1.165, 1.54) is 6.07 Å². The van der Waals surface area contributed by atoms with Crippen molar-refractivity contribution in [1.82, 2.24) is 4.72 Å². The third kappa shape index (κ3) is 4.53. The number of halogens is 2. The first-order chi connectivity index (χ1) is 9.27. The van der Waals surface area contributed by atoms with Crippen LogP contribution in [-0.2, 0) is 14.8 Å². The monoisotopic (exact) mass is 367 g/mol. The molecule has 0 aliphatic carbocycles. The van der Waals surface area contributed by atoms with Crippen LogP contribution in [0.25, 0.3) is 0 Å². The minimum atomic E-state index is -4.21. The molecule has 0 radical (unpaired) electrons. The minimum Gasteiger partial charge on any atom is -0.480 e. The van der Waals surface area contributed by atoms with Crippen LogP contribution in [0.5, 0.6) is 0 Å². The third-order valence-corrected chi connectivity index (χ3v) is 4.62. The topological polar surface area (TPSA) is 83.5 Å². The second kappa shape index (κ2) is 7.14. The van der Waals surface area contributed by atoms with Gasteiger partial charge in [0.15, 0.2) is 0 Å². The van der Waals surface area contributed by atoms with E-state index < -0.39 is 32.7 Å². The maximum absolute atomic E-state index is 13.7. The number of carboxylic acid groups (broad SMARTS) is 1. The molecule has 0 saturated heterocycles. The molecular formula is C12H15BrFNO4S. The van der Waals surface area contributed by atoms with Crippen LogP contribution in [0.4, 0.5) is 4.39 Å². The van der Waals surface area contributed by atoms with E-state index in [1.54, 1.807) is 0 Å². The molecule has 0 saturated carbocycles. The van der Waals surface area contributed by atoms with Crippen molar-refractivity contribution in [2.45, 2.75) is 37.1 Å². The van der Waals surface area contributed by atoms with Gasteiger partial charge in [-0.2, -0.15) is 4.72 Å². The van der Waals surface area contributed by atoms with E-state index in [0.29, 0.717) is 10.9 Å². The zero-order chi connectivity index (χ0) is 15.3. The summed E-state index contributed by atoms with van der Waals surface area (Å²) in [6.45, 7) is 1.86. The molecule has 1 atom stereocenters. The van der Waals surface area contributed by atoms with Crippen LogP contribution in [0.2, 0.25) is 0 Å². The Morgan fingerprint density at radius 3 is 2.65 bits per heavy atom. The van der Waals surface area contributed by atoms with Gasteiger partial charge < -0.3 is 5.11 Å². The van der Waals surface area contributed by atoms with Gasteiger partial charge in [0.05, 0.1) is 0 Å². The lowest BCUT2D eigenvalue weighted by Gasteiger charge is -2.14. The molecule has 20 heavy (non-hydrogen) atoms. The maximum atomic E-state index is 13.7. The van der Waals surface area contributed by atoms with Crippen LogP contribution in [0.3, 0.4) is 0 Å². The molecule has 8 heteroatoms. The Labute approximate surface area is 125 Å². The second-order valence-corrected chi connectivity index (χ2v) is 6.83. The molecule has 0 bridgehead atoms. The van der Waals surface area contributed by atoms with Crippen LogP contribution in [0, 0.1) is 5.82 Å². The van der Waals surface area contributed by atoms with Crippen molar-refractivity contribution >= 4 is 31.9 Å². The van der Waals surface area contributed by atoms with Crippen molar-refractivity contribution in [3.05, 3.63) is 28.5 Å². The number of carbonyl (C=O) groups is 1. The highest BCUT2D eigenvalue weighted by Gasteiger charge is 2.27. The fourth-order valence-corrected chi connectivity index (χ4v) is 3.20. The van der Waals surface area contributed by atoms with Crippen molar-refractivity contribution < 1.29 is 22.7 Å². The van der Waals surface area contributed by atoms with Gasteiger partial charge in [-0.1, -0.05) is 35.7 Å². The molecule has 1 aromatic rings. The first-order valence-electron chi connectivity index (χ1n) is 5.98. The number of aliphatic carboxylic acids is 1. The number of sulfonamides is 1. The van der Waals surface area contributed by atoms with Crippen molar-refractivity contribution in [2.24, 2.45) is 0 Å². The molecule has 112 valence electrons. The largest absolute Gasteiger partial charge is 0.480 e. The highest BCUT2D eigenvalue weighted by atomic mass is 79.9. The number of hydrogen-bond acceptors (Lipinski definition) is 3. The first-order valence-corrected chi connectivity index (χ1v) is 8.25. The lowest BCUT2D eigenvalue weighted by Crippen LogP contribution is -2.40. The van der Waals surface area contributed by atoms with Crippen molar-refractivity contribution in [1.29, 1.82) is 0 Å². The van der Waals surface area contributed by atoms with Crippen molar-refractivity contribution in [2.75, 3.05) is 0 Å². The quantitative estimate of drug-likeness (QED) is 0.775. The zero-order valence-corrected chi connectivity index (χ0v) is 13.2. The molecule has 0 aromatic heterocycles. The molecule has 0 fully saturated rings. The Bertz CT molecular complexity index is 591. The molecule has 0 amide bonds. The summed E-state index contributed by atoms with van der Waals surface area (Å²) >= 11 is 3.02. The Morgan fingerprint density at radius 2 is 2.15 bits per heavy atom. The standard InChI is InChI=1S/C12H15BrFNO4S/c1-2-3-4-10(12(16)17)15-20(18,19)11-6-5-8(13)7-9(11)14/h5-7,10,15H,2-4H2,1H3,(H,16,17)/t10-/m0/s1. The van der Waals surface area contributed by atoms with Crippen LogP contribution in [0.1, 0.15) is 26.2 Å². The molecule has 2 N–H and O–H groups in total. The average molecular weight is 368 g/mol. The van der Waals surface area contributed by atoms with Crippen LogP contribution >= 0.6 is 15.9 Å². The van der Waals surface area contributed by atoms with Gasteiger partial charge in [0.1, 0.15) is 16.8 Å². The summed E-state index contributed by atoms with van der Waals surface area (Å²) in [6.07, 6.45) is 1.45. The summed E-state index contributed by atoms with van der Waals surface area (Å²) in [6, 6.07) is 2.21. The summed E-state index contributed by atoms with van der Waals surface area (Å²) in [7, 11) is -4.21. The Hall–Kier alpha value is -0.990. The van der Waals surface area contributed by atoms with Gasteiger partial charge in [0.2, 0.25) is 10.0 Å². The van der Waals surface area contributed by atoms with E-state index in [-0.39, 0.29) is 6.42 Å². The van der Waals surface area contributed by atoms with E-state index >= 15 is 0 Å². The molecule has 0 heterocycles. The lowest BCUT2D eigenvalue weighted by molar-refractivity contribution is -0.139. The number of rotatable bonds is 7. The highest BCUT2D eigenvalue weighted by molar-refractivity contribution is 9.10. The van der Waals surface area contributed by atoms with Gasteiger partial charge in [0.25, 0.3) is 0 Å². The van der Waals surface area contributed by atoms with E-state index in [2.05, 4.69) is 15.9 Å². The number of nitrogens with one attached hydrogen (secondary N) is 1. The van der Waals surface area contributed by atoms with Crippen molar-refractivity contribution in [3.63, 3.8) is 0 Å². The smallest absolute Gasteiger partial charge is 0.321 e. The summed E-state index contributed by atoms with van der Waals surface area (Å²) in [5.74, 6) is -2.22. The SMILES string of the molecule is CCCC[C@H](NS(=O)(=O)c1ccc(Br)cc1F)C(=O)O. The molecule has 0 aliphatic rings. The fraction of sp³-hybridized carbons (Fsp3) is 0.417. The fourth-order valence-electron chi connectivity index (χ4n) is 1.58. The Kier molecular flexibility index (Phi) is 6.09. The average Bonchev–Trinajstić information content (AvgIpc) is 2.33. The molecule has 0 unspecified atom stereocenters. The van der Waals surface area contributed by atoms with Crippen LogP contribution in [-0.4, -0.2) is 25.5 Å². The van der Waals surface area contributed by atoms with Crippen molar-refractivity contribution in [3.8, 4) is 0 Å². The van der Waals surface area contributed by atoms with E-state index in [0.717, 1.165) is 18.6 Å². The Balaban J connectivity index is 3.00. The molecule has 1 aromatic carbocycles. The zero-order valence-electron chi connectivity index (χ0n) is 10.8. The molecule has 1 rings (SSSR count). The van der Waals surface area contributed by atoms with E-state index in [1.807, 2.05) is 11.6 Å². The number of hydrogen-bond donors (Lipinski definition) is 2. The number of carboxylic acids is 1. The van der Waals surface area contributed by atoms with E-state index in [4.69, 9.17) is 5.11 Å². The van der Waals surface area contributed by atoms with Gasteiger partial charge in [0, 0.05) is 4.47 Å². The molecule has 5 nitrogen and oxygen atoms in total. The third-order valence-electron chi connectivity index (χ3n) is 2.63. The predicted molar refractivity (Wildman–Crippen MR) is 75.4 cm³/mol. The predicted octanol–water partition coefficient (Wildman–Crippen LogP) is 2.51. The maximum Gasteiger partial charge on any atom is 0.321 e. The lowest BCUT2D eigenvalue weighted by atomic mass is 10.1. The number of benzene rings is 1. The summed E-state index contributed by atoms with van der Waals surface area (Å²) in [4.78, 5) is 10.5. The van der Waals surface area contributed by atoms with Crippen LogP contribution in [0.15, 0.2) is 27.6 Å². The minimum absolute atomic E-state index is 0.156. The van der Waals surface area contributed by atoms with Gasteiger partial charge in [-0.15, -0.1) is 0 Å². The highest BCUT2D eigenvalue weighted by Crippen LogP contribution is 2.20. The second-order valence-electron chi connectivity index (χ2n) is 4.23. The van der Waals surface area contributed by atoms with Gasteiger partial charge >= 0.3 is 5.97 Å². The molecule has 0 aliphatic heterocycles. The molecular weight excluding hydrogens is 353 g/mol. The van der Waals surface area contributed by atoms with Gasteiger partial charge in [-0.3, -0.25) is 4.79 Å². The summed E-state index contributed by atoms with van der Waals surface area (Å²) < 4.78 is 40.1. The van der Waals surface area contributed by atoms with Crippen LogP contribution < -0.4 is 4.72 Å². The number of unbranched alkanes of at least 4 members (excludes halogenated alkanes) is 1. The van der Waals surface area contributed by atoms with E-state index in [9.17, 15) is 17.6 Å². The summed E-state index contributed by atoms with van der Waals surface area (Å²) in [5, 5.41) is 9.00. The summed E-state index contributed by atoms with van der Waals surface area (Å²) in [5.41, 5.74) is 0. The first kappa shape index (κ1) is 17.1. The molecule has 0 spiro atoms. The Morgan fingerprint density at radius 1 is 1.50 bits per heavy atom. The normalized spacial score (nSPS) is 13.2.